The van der Waals surface area contributed by atoms with Crippen molar-refractivity contribution < 1.29 is 10.2 Å². The van der Waals surface area contributed by atoms with E-state index < -0.39 is 0 Å². The molecule has 0 radical (unpaired) electrons. The Morgan fingerprint density at radius 2 is 1.57 bits per heavy atom. The summed E-state index contributed by atoms with van der Waals surface area (Å²) in [6.07, 6.45) is 1.69. The molecule has 5 nitrogen and oxygen atoms in total. The molecule has 0 saturated heterocycles. The first kappa shape index (κ1) is 12.2. The standard InChI is InChI=1S/C18H10N2O3/c21-9-1-3-11-14(8-9)18(23)20-15-4-2-10(22)7-13(15)12-5-6-19-16(11)17(12)20/h1-8,21-22H. The van der Waals surface area contributed by atoms with Crippen molar-refractivity contribution in [2.75, 3.05) is 0 Å². The van der Waals surface area contributed by atoms with E-state index in [0.717, 1.165) is 16.3 Å². The van der Waals surface area contributed by atoms with Gasteiger partial charge in [0.1, 0.15) is 11.5 Å². The van der Waals surface area contributed by atoms with Crippen LogP contribution in [-0.4, -0.2) is 19.6 Å². The summed E-state index contributed by atoms with van der Waals surface area (Å²) in [6, 6.07) is 11.5. The van der Waals surface area contributed by atoms with Crippen LogP contribution >= 0.6 is 0 Å². The average Bonchev–Trinajstić information content (AvgIpc) is 2.87. The summed E-state index contributed by atoms with van der Waals surface area (Å²) in [6.45, 7) is 0. The molecule has 3 aromatic heterocycles. The maximum absolute atomic E-state index is 13.0. The number of aromatic hydroxyl groups is 2. The Bertz CT molecular complexity index is 1300. The molecule has 3 heterocycles. The Balaban J connectivity index is 2.25. The number of phenolic OH excluding ortho intramolecular Hbond substituents is 2. The lowest BCUT2D eigenvalue weighted by Crippen LogP contribution is -2.13. The zero-order chi connectivity index (χ0) is 15.7. The number of benzene rings is 2. The van der Waals surface area contributed by atoms with E-state index in [2.05, 4.69) is 4.98 Å². The van der Waals surface area contributed by atoms with Crippen molar-refractivity contribution in [2.45, 2.75) is 0 Å². The van der Waals surface area contributed by atoms with Crippen molar-refractivity contribution in [2.24, 2.45) is 0 Å². The Hall–Kier alpha value is -3.34. The largest absolute Gasteiger partial charge is 0.508 e. The van der Waals surface area contributed by atoms with E-state index in [4.69, 9.17) is 0 Å². The van der Waals surface area contributed by atoms with E-state index in [-0.39, 0.29) is 17.1 Å². The van der Waals surface area contributed by atoms with E-state index in [1.807, 2.05) is 6.07 Å². The molecule has 0 aliphatic rings. The minimum Gasteiger partial charge on any atom is -0.508 e. The Morgan fingerprint density at radius 3 is 2.39 bits per heavy atom. The van der Waals surface area contributed by atoms with E-state index >= 15 is 0 Å². The van der Waals surface area contributed by atoms with Gasteiger partial charge < -0.3 is 10.2 Å². The predicted octanol–water partition coefficient (Wildman–Crippen LogP) is 3.00. The van der Waals surface area contributed by atoms with E-state index in [0.29, 0.717) is 21.8 Å². The van der Waals surface area contributed by atoms with Crippen LogP contribution in [0.25, 0.3) is 38.1 Å². The first-order valence-electron chi connectivity index (χ1n) is 7.15. The van der Waals surface area contributed by atoms with Crippen LogP contribution in [0.2, 0.25) is 0 Å². The van der Waals surface area contributed by atoms with Gasteiger partial charge in [-0.05, 0) is 42.5 Å². The summed E-state index contributed by atoms with van der Waals surface area (Å²) in [4.78, 5) is 17.4. The first-order valence-corrected chi connectivity index (χ1v) is 7.15. The van der Waals surface area contributed by atoms with Crippen LogP contribution in [0.5, 0.6) is 11.5 Å². The molecule has 0 aliphatic carbocycles. The number of rotatable bonds is 0. The zero-order valence-corrected chi connectivity index (χ0v) is 11.8. The molecule has 0 amide bonds. The molecule has 5 aromatic rings. The predicted molar refractivity (Wildman–Crippen MR) is 88.5 cm³/mol. The van der Waals surface area contributed by atoms with Gasteiger partial charge in [0.25, 0.3) is 5.56 Å². The smallest absolute Gasteiger partial charge is 0.263 e. The van der Waals surface area contributed by atoms with Gasteiger partial charge in [0, 0.05) is 22.4 Å². The summed E-state index contributed by atoms with van der Waals surface area (Å²) in [5, 5.41) is 22.3. The van der Waals surface area contributed by atoms with Gasteiger partial charge >= 0.3 is 0 Å². The normalized spacial score (nSPS) is 12.0. The third kappa shape index (κ3) is 1.41. The molecule has 0 bridgehead atoms. The number of pyridine rings is 2. The lowest BCUT2D eigenvalue weighted by molar-refractivity contribution is 0.475. The maximum Gasteiger partial charge on any atom is 0.263 e. The molecule has 2 N–H and O–H groups in total. The van der Waals surface area contributed by atoms with Crippen LogP contribution in [0.3, 0.4) is 0 Å². The fraction of sp³-hybridized carbons (Fsp3) is 0. The second kappa shape index (κ2) is 3.89. The van der Waals surface area contributed by atoms with E-state index in [9.17, 15) is 15.0 Å². The number of fused-ring (bicyclic) bond motifs is 5. The number of hydrogen-bond donors (Lipinski definition) is 2. The van der Waals surface area contributed by atoms with Crippen LogP contribution in [-0.2, 0) is 0 Å². The van der Waals surface area contributed by atoms with Crippen molar-refractivity contribution in [3.63, 3.8) is 0 Å². The summed E-state index contributed by atoms with van der Waals surface area (Å²) >= 11 is 0. The number of nitrogens with zero attached hydrogens (tertiary/aromatic N) is 2. The second-order valence-corrected chi connectivity index (χ2v) is 5.63. The van der Waals surface area contributed by atoms with Gasteiger partial charge in [0.2, 0.25) is 0 Å². The van der Waals surface area contributed by atoms with Gasteiger partial charge in [0.05, 0.1) is 21.9 Å². The van der Waals surface area contributed by atoms with Gasteiger partial charge in [-0.1, -0.05) is 0 Å². The molecule has 0 aliphatic heterocycles. The van der Waals surface area contributed by atoms with Gasteiger partial charge in [-0.2, -0.15) is 0 Å². The Kier molecular flexibility index (Phi) is 2.07. The number of aromatic nitrogens is 2. The molecule has 0 fully saturated rings. The van der Waals surface area contributed by atoms with Crippen molar-refractivity contribution in [1.29, 1.82) is 0 Å². The molecular formula is C18H10N2O3. The molecule has 0 atom stereocenters. The highest BCUT2D eigenvalue weighted by molar-refractivity contribution is 6.18. The first-order chi connectivity index (χ1) is 11.1. The monoisotopic (exact) mass is 302 g/mol. The quantitative estimate of drug-likeness (QED) is 0.431. The Labute approximate surface area is 129 Å². The van der Waals surface area contributed by atoms with Crippen LogP contribution in [0.1, 0.15) is 0 Å². The van der Waals surface area contributed by atoms with Crippen molar-refractivity contribution in [1.82, 2.24) is 9.38 Å². The molecule has 110 valence electrons. The van der Waals surface area contributed by atoms with E-state index in [1.54, 1.807) is 40.9 Å². The molecular weight excluding hydrogens is 292 g/mol. The summed E-state index contributed by atoms with van der Waals surface area (Å²) in [5.41, 5.74) is 1.94. The van der Waals surface area contributed by atoms with Crippen molar-refractivity contribution >= 4 is 38.1 Å². The highest BCUT2D eigenvalue weighted by Gasteiger charge is 2.18. The molecule has 0 saturated carbocycles. The van der Waals surface area contributed by atoms with Crippen molar-refractivity contribution in [3.05, 3.63) is 59.0 Å². The minimum atomic E-state index is -0.206. The van der Waals surface area contributed by atoms with Crippen molar-refractivity contribution in [3.8, 4) is 11.5 Å². The summed E-state index contributed by atoms with van der Waals surface area (Å²) in [7, 11) is 0. The molecule has 23 heavy (non-hydrogen) atoms. The minimum absolute atomic E-state index is 0.0434. The zero-order valence-electron chi connectivity index (χ0n) is 11.8. The molecule has 0 unspecified atom stereocenters. The second-order valence-electron chi connectivity index (χ2n) is 5.63. The summed E-state index contributed by atoms with van der Waals surface area (Å²) in [5.74, 6) is 0.193. The van der Waals surface area contributed by atoms with Gasteiger partial charge in [0.15, 0.2) is 0 Å². The van der Waals surface area contributed by atoms with Crippen LogP contribution in [0, 0.1) is 0 Å². The maximum atomic E-state index is 13.0. The molecule has 5 rings (SSSR count). The molecule has 2 aromatic carbocycles. The Morgan fingerprint density at radius 1 is 0.826 bits per heavy atom. The third-order valence-electron chi connectivity index (χ3n) is 4.35. The highest BCUT2D eigenvalue weighted by atomic mass is 16.3. The van der Waals surface area contributed by atoms with Gasteiger partial charge in [-0.25, -0.2) is 0 Å². The fourth-order valence-corrected chi connectivity index (χ4v) is 3.40. The molecule has 5 heteroatoms. The van der Waals surface area contributed by atoms with Crippen LogP contribution in [0.15, 0.2) is 53.5 Å². The topological polar surface area (TPSA) is 74.8 Å². The number of hydrogen-bond acceptors (Lipinski definition) is 4. The van der Waals surface area contributed by atoms with Gasteiger partial charge in [-0.15, -0.1) is 0 Å². The van der Waals surface area contributed by atoms with Crippen LogP contribution < -0.4 is 5.56 Å². The van der Waals surface area contributed by atoms with Gasteiger partial charge in [-0.3, -0.25) is 14.2 Å². The lowest BCUT2D eigenvalue weighted by atomic mass is 10.1. The number of phenols is 2. The highest BCUT2D eigenvalue weighted by Crippen LogP contribution is 2.34. The fourth-order valence-electron chi connectivity index (χ4n) is 3.40. The average molecular weight is 302 g/mol. The lowest BCUT2D eigenvalue weighted by Gasteiger charge is -2.05. The SMILES string of the molecule is O=c1c2cc(O)ccc2c2nccc3c4cc(O)ccc4n1c32. The van der Waals surface area contributed by atoms with E-state index in [1.165, 1.54) is 6.07 Å². The molecule has 0 spiro atoms. The summed E-state index contributed by atoms with van der Waals surface area (Å²) < 4.78 is 1.61. The van der Waals surface area contributed by atoms with Crippen LogP contribution in [0.4, 0.5) is 0 Å². The third-order valence-corrected chi connectivity index (χ3v) is 4.35.